The lowest BCUT2D eigenvalue weighted by Crippen LogP contribution is -2.14. The Labute approximate surface area is 164 Å². The van der Waals surface area contributed by atoms with Crippen molar-refractivity contribution in [1.29, 1.82) is 0 Å². The van der Waals surface area contributed by atoms with Gasteiger partial charge in [0.25, 0.3) is 0 Å². The predicted octanol–water partition coefficient (Wildman–Crippen LogP) is 4.90. The first-order valence-electron chi connectivity index (χ1n) is 7.85. The predicted molar refractivity (Wildman–Crippen MR) is 104 cm³/mol. The Balaban J connectivity index is 1.68. The van der Waals surface area contributed by atoms with E-state index in [0.29, 0.717) is 27.4 Å². The van der Waals surface area contributed by atoms with Gasteiger partial charge in [-0.3, -0.25) is 4.79 Å². The van der Waals surface area contributed by atoms with Gasteiger partial charge in [-0.25, -0.2) is 0 Å². The summed E-state index contributed by atoms with van der Waals surface area (Å²) in [6.07, 6.45) is 1.62. The molecule has 3 rings (SSSR count). The highest BCUT2D eigenvalue weighted by Gasteiger charge is 2.17. The Kier molecular flexibility index (Phi) is 5.90. The quantitative estimate of drug-likeness (QED) is 0.584. The van der Waals surface area contributed by atoms with Crippen molar-refractivity contribution < 1.29 is 9.21 Å². The van der Waals surface area contributed by atoms with Gasteiger partial charge in [-0.05, 0) is 38.1 Å². The SMILES string of the molecule is CCn1c(SCC(=O)Nc2ccc(Cl)c(Cl)c2)nnc1-c1ccoc1C. The van der Waals surface area contributed by atoms with Gasteiger partial charge in [-0.15, -0.1) is 10.2 Å². The number of amides is 1. The monoisotopic (exact) mass is 410 g/mol. The van der Waals surface area contributed by atoms with Gasteiger partial charge in [-0.1, -0.05) is 35.0 Å². The van der Waals surface area contributed by atoms with Gasteiger partial charge in [0.15, 0.2) is 11.0 Å². The van der Waals surface area contributed by atoms with E-state index in [1.807, 2.05) is 24.5 Å². The number of aryl methyl sites for hydroxylation is 1. The van der Waals surface area contributed by atoms with E-state index in [1.165, 1.54) is 11.8 Å². The summed E-state index contributed by atoms with van der Waals surface area (Å²) in [4.78, 5) is 12.2. The van der Waals surface area contributed by atoms with Gasteiger partial charge >= 0.3 is 0 Å². The molecular formula is C17H16Cl2N4O2S. The molecule has 0 saturated carbocycles. The van der Waals surface area contributed by atoms with E-state index in [0.717, 1.165) is 17.1 Å². The Morgan fingerprint density at radius 1 is 1.27 bits per heavy atom. The number of halogens is 2. The van der Waals surface area contributed by atoms with Gasteiger partial charge in [0.2, 0.25) is 5.91 Å². The average molecular weight is 411 g/mol. The second-order valence-electron chi connectivity index (χ2n) is 5.41. The summed E-state index contributed by atoms with van der Waals surface area (Å²) in [7, 11) is 0. The molecule has 3 aromatic rings. The summed E-state index contributed by atoms with van der Waals surface area (Å²) in [5.41, 5.74) is 1.49. The minimum atomic E-state index is -0.167. The van der Waals surface area contributed by atoms with Crippen molar-refractivity contribution in [1.82, 2.24) is 14.8 Å². The fourth-order valence-electron chi connectivity index (χ4n) is 2.40. The summed E-state index contributed by atoms with van der Waals surface area (Å²) in [6, 6.07) is 6.81. The zero-order valence-electron chi connectivity index (χ0n) is 14.1. The molecule has 0 saturated heterocycles. The molecule has 9 heteroatoms. The van der Waals surface area contributed by atoms with Crippen LogP contribution >= 0.6 is 35.0 Å². The minimum Gasteiger partial charge on any atom is -0.469 e. The number of thioether (sulfide) groups is 1. The third-order valence-corrected chi connectivity index (χ3v) is 5.37. The molecule has 2 heterocycles. The number of carbonyl (C=O) groups is 1. The van der Waals surface area contributed by atoms with Crippen molar-refractivity contribution in [2.24, 2.45) is 0 Å². The van der Waals surface area contributed by atoms with Crippen LogP contribution in [0.15, 0.2) is 40.1 Å². The second kappa shape index (κ2) is 8.16. The second-order valence-corrected chi connectivity index (χ2v) is 7.16. The van der Waals surface area contributed by atoms with E-state index in [4.69, 9.17) is 27.6 Å². The van der Waals surface area contributed by atoms with Gasteiger partial charge < -0.3 is 14.3 Å². The van der Waals surface area contributed by atoms with Crippen molar-refractivity contribution in [3.63, 3.8) is 0 Å². The van der Waals surface area contributed by atoms with Crippen LogP contribution in [0.4, 0.5) is 5.69 Å². The largest absolute Gasteiger partial charge is 0.469 e. The number of carbonyl (C=O) groups excluding carboxylic acids is 1. The average Bonchev–Trinajstić information content (AvgIpc) is 3.21. The summed E-state index contributed by atoms with van der Waals surface area (Å²) in [5, 5.41) is 12.7. The normalized spacial score (nSPS) is 10.9. The highest BCUT2D eigenvalue weighted by Crippen LogP contribution is 2.28. The molecule has 0 aliphatic heterocycles. The first kappa shape index (κ1) is 18.8. The molecule has 0 fully saturated rings. The number of rotatable bonds is 6. The summed E-state index contributed by atoms with van der Waals surface area (Å²) in [5.74, 6) is 1.54. The molecule has 0 spiro atoms. The molecule has 26 heavy (non-hydrogen) atoms. The first-order chi connectivity index (χ1) is 12.5. The van der Waals surface area contributed by atoms with Crippen LogP contribution in [-0.4, -0.2) is 26.4 Å². The van der Waals surface area contributed by atoms with Crippen LogP contribution in [0.1, 0.15) is 12.7 Å². The highest BCUT2D eigenvalue weighted by atomic mass is 35.5. The van der Waals surface area contributed by atoms with E-state index in [9.17, 15) is 4.79 Å². The first-order valence-corrected chi connectivity index (χ1v) is 9.59. The number of hydrogen-bond donors (Lipinski definition) is 1. The minimum absolute atomic E-state index is 0.167. The Morgan fingerprint density at radius 2 is 2.08 bits per heavy atom. The van der Waals surface area contributed by atoms with E-state index in [2.05, 4.69) is 15.5 Å². The van der Waals surface area contributed by atoms with Crippen LogP contribution in [0, 0.1) is 6.92 Å². The smallest absolute Gasteiger partial charge is 0.234 e. The zero-order valence-corrected chi connectivity index (χ0v) is 16.5. The van der Waals surface area contributed by atoms with Crippen LogP contribution in [-0.2, 0) is 11.3 Å². The topological polar surface area (TPSA) is 73.0 Å². The Morgan fingerprint density at radius 3 is 2.73 bits per heavy atom. The molecule has 0 aliphatic carbocycles. The summed E-state index contributed by atoms with van der Waals surface area (Å²) >= 11 is 13.1. The molecule has 6 nitrogen and oxygen atoms in total. The molecule has 1 aromatic carbocycles. The number of anilines is 1. The molecule has 0 unspecified atom stereocenters. The molecule has 0 bridgehead atoms. The lowest BCUT2D eigenvalue weighted by molar-refractivity contribution is -0.113. The van der Waals surface area contributed by atoms with Gasteiger partial charge in [0, 0.05) is 12.2 Å². The number of nitrogens with zero attached hydrogens (tertiary/aromatic N) is 3. The van der Waals surface area contributed by atoms with Crippen molar-refractivity contribution >= 4 is 46.6 Å². The van der Waals surface area contributed by atoms with Crippen molar-refractivity contribution in [2.75, 3.05) is 11.1 Å². The molecule has 1 amide bonds. The van der Waals surface area contributed by atoms with Crippen molar-refractivity contribution in [2.45, 2.75) is 25.5 Å². The fourth-order valence-corrected chi connectivity index (χ4v) is 3.50. The Hall–Kier alpha value is -1.96. The maximum Gasteiger partial charge on any atom is 0.234 e. The van der Waals surface area contributed by atoms with E-state index in [1.54, 1.807) is 24.5 Å². The number of aromatic nitrogens is 3. The fraction of sp³-hybridized carbons (Fsp3) is 0.235. The number of benzene rings is 1. The lowest BCUT2D eigenvalue weighted by atomic mass is 10.2. The van der Waals surface area contributed by atoms with Gasteiger partial charge in [-0.2, -0.15) is 0 Å². The molecule has 136 valence electrons. The van der Waals surface area contributed by atoms with Crippen molar-refractivity contribution in [3.8, 4) is 11.4 Å². The van der Waals surface area contributed by atoms with Crippen molar-refractivity contribution in [3.05, 3.63) is 46.3 Å². The molecule has 1 N–H and O–H groups in total. The van der Waals surface area contributed by atoms with Crippen LogP contribution in [0.2, 0.25) is 10.0 Å². The van der Waals surface area contributed by atoms with E-state index >= 15 is 0 Å². The third-order valence-electron chi connectivity index (χ3n) is 3.67. The molecule has 0 aliphatic rings. The third kappa shape index (κ3) is 4.06. The van der Waals surface area contributed by atoms with Gasteiger partial charge in [0.05, 0.1) is 27.6 Å². The zero-order chi connectivity index (χ0) is 18.7. The number of nitrogens with one attached hydrogen (secondary N) is 1. The lowest BCUT2D eigenvalue weighted by Gasteiger charge is -2.08. The van der Waals surface area contributed by atoms with Crippen LogP contribution in [0.3, 0.4) is 0 Å². The maximum atomic E-state index is 12.2. The Bertz CT molecular complexity index is 939. The van der Waals surface area contributed by atoms with Crippen LogP contribution in [0.25, 0.3) is 11.4 Å². The van der Waals surface area contributed by atoms with Crippen LogP contribution < -0.4 is 5.32 Å². The number of hydrogen-bond acceptors (Lipinski definition) is 5. The van der Waals surface area contributed by atoms with E-state index in [-0.39, 0.29) is 11.7 Å². The number of furan rings is 1. The van der Waals surface area contributed by atoms with E-state index < -0.39 is 0 Å². The summed E-state index contributed by atoms with van der Waals surface area (Å²) < 4.78 is 7.29. The summed E-state index contributed by atoms with van der Waals surface area (Å²) in [6.45, 7) is 4.56. The molecule has 2 aromatic heterocycles. The standard InChI is InChI=1S/C17H16Cl2N4O2S/c1-3-23-16(12-6-7-25-10(12)2)21-22-17(23)26-9-15(24)20-11-4-5-13(18)14(19)8-11/h4-8H,3,9H2,1-2H3,(H,20,24). The molecule has 0 atom stereocenters. The molecular weight excluding hydrogens is 395 g/mol. The van der Waals surface area contributed by atoms with Crippen LogP contribution in [0.5, 0.6) is 0 Å². The van der Waals surface area contributed by atoms with Gasteiger partial charge in [0.1, 0.15) is 5.76 Å². The molecule has 0 radical (unpaired) electrons. The maximum absolute atomic E-state index is 12.2. The highest BCUT2D eigenvalue weighted by molar-refractivity contribution is 7.99.